The Balaban J connectivity index is 1.70. The molecule has 0 unspecified atom stereocenters. The van der Waals surface area contributed by atoms with Gasteiger partial charge < -0.3 is 16.8 Å². The van der Waals surface area contributed by atoms with E-state index in [0.29, 0.717) is 30.0 Å². The Kier molecular flexibility index (Phi) is 4.95. The molecule has 5 N–H and O–H groups in total. The lowest BCUT2D eigenvalue weighted by Gasteiger charge is -2.09. The molecule has 0 atom stereocenters. The van der Waals surface area contributed by atoms with Gasteiger partial charge in [-0.3, -0.25) is 4.79 Å². The second kappa shape index (κ2) is 7.49. The number of carbonyl (C=O) groups is 1. The van der Waals surface area contributed by atoms with Crippen molar-refractivity contribution in [3.63, 3.8) is 0 Å². The number of aromatic nitrogens is 1. The molecule has 0 aliphatic carbocycles. The number of nitrogens with zero attached hydrogens (tertiary/aromatic N) is 1. The highest BCUT2D eigenvalue weighted by molar-refractivity contribution is 5.94. The fourth-order valence-corrected chi connectivity index (χ4v) is 2.60. The number of anilines is 2. The summed E-state index contributed by atoms with van der Waals surface area (Å²) in [6, 6.07) is 19.1. The highest BCUT2D eigenvalue weighted by Crippen LogP contribution is 2.18. The maximum atomic E-state index is 12.4. The summed E-state index contributed by atoms with van der Waals surface area (Å²) in [5, 5.41) is 2.93. The third-order valence-electron chi connectivity index (χ3n) is 3.93. The van der Waals surface area contributed by atoms with Crippen molar-refractivity contribution in [2.45, 2.75) is 13.0 Å². The lowest BCUT2D eigenvalue weighted by Crippen LogP contribution is -2.22. The van der Waals surface area contributed by atoms with Crippen molar-refractivity contribution in [3.8, 4) is 0 Å². The number of amides is 1. The summed E-state index contributed by atoms with van der Waals surface area (Å²) < 4.78 is 0. The fraction of sp³-hybridized carbons (Fsp3) is 0.100. The second-order valence-electron chi connectivity index (χ2n) is 5.85. The van der Waals surface area contributed by atoms with Crippen molar-refractivity contribution in [2.75, 3.05) is 11.5 Å². The molecule has 0 saturated carbocycles. The number of benzene rings is 2. The van der Waals surface area contributed by atoms with Crippen LogP contribution in [-0.2, 0) is 13.0 Å². The van der Waals surface area contributed by atoms with Crippen LogP contribution in [0, 0.1) is 0 Å². The Labute approximate surface area is 146 Å². The average molecular weight is 332 g/mol. The third kappa shape index (κ3) is 4.35. The normalized spacial score (nSPS) is 10.4. The molecular weight excluding hydrogens is 312 g/mol. The second-order valence-corrected chi connectivity index (χ2v) is 5.85. The van der Waals surface area contributed by atoms with Gasteiger partial charge in [0, 0.05) is 12.1 Å². The zero-order valence-corrected chi connectivity index (χ0v) is 13.8. The van der Waals surface area contributed by atoms with Crippen molar-refractivity contribution in [2.24, 2.45) is 0 Å². The van der Waals surface area contributed by atoms with E-state index >= 15 is 0 Å². The number of nitrogens with one attached hydrogen (secondary N) is 1. The van der Waals surface area contributed by atoms with Gasteiger partial charge in [0.2, 0.25) is 0 Å². The van der Waals surface area contributed by atoms with E-state index < -0.39 is 0 Å². The summed E-state index contributed by atoms with van der Waals surface area (Å²) in [6.45, 7) is 0.498. The Morgan fingerprint density at radius 3 is 2.52 bits per heavy atom. The molecule has 2 aromatic carbocycles. The van der Waals surface area contributed by atoms with Crippen molar-refractivity contribution in [1.82, 2.24) is 10.3 Å². The van der Waals surface area contributed by atoms with Gasteiger partial charge >= 0.3 is 0 Å². The topological polar surface area (TPSA) is 94.0 Å². The van der Waals surface area contributed by atoms with Crippen molar-refractivity contribution >= 4 is 17.4 Å². The zero-order valence-electron chi connectivity index (χ0n) is 13.8. The van der Waals surface area contributed by atoms with Crippen LogP contribution in [0.25, 0.3) is 0 Å². The molecule has 25 heavy (non-hydrogen) atoms. The van der Waals surface area contributed by atoms with Gasteiger partial charge in [-0.2, -0.15) is 0 Å². The third-order valence-corrected chi connectivity index (χ3v) is 3.93. The van der Waals surface area contributed by atoms with Crippen LogP contribution in [0.5, 0.6) is 0 Å². The molecule has 1 heterocycles. The zero-order chi connectivity index (χ0) is 17.6. The van der Waals surface area contributed by atoms with Crippen LogP contribution in [0.3, 0.4) is 0 Å². The van der Waals surface area contributed by atoms with E-state index in [1.165, 1.54) is 0 Å². The van der Waals surface area contributed by atoms with Gasteiger partial charge in [0.25, 0.3) is 5.91 Å². The molecule has 0 aliphatic heterocycles. The number of hydrogen-bond acceptors (Lipinski definition) is 4. The van der Waals surface area contributed by atoms with Crippen molar-refractivity contribution in [1.29, 1.82) is 0 Å². The molecule has 0 radical (unpaired) electrons. The van der Waals surface area contributed by atoms with Gasteiger partial charge in [0.05, 0.1) is 11.9 Å². The number of nitrogen functional groups attached to an aromatic ring is 2. The van der Waals surface area contributed by atoms with E-state index in [0.717, 1.165) is 16.7 Å². The molecule has 1 aromatic heterocycles. The maximum Gasteiger partial charge on any atom is 0.251 e. The molecule has 3 aromatic rings. The van der Waals surface area contributed by atoms with Crippen molar-refractivity contribution in [3.05, 3.63) is 89.1 Å². The Bertz CT molecular complexity index is 878. The first-order valence-corrected chi connectivity index (χ1v) is 8.03. The minimum Gasteiger partial charge on any atom is -0.397 e. The van der Waals surface area contributed by atoms with E-state index in [1.54, 1.807) is 18.3 Å². The fourth-order valence-electron chi connectivity index (χ4n) is 2.60. The summed E-state index contributed by atoms with van der Waals surface area (Å²) in [7, 11) is 0. The maximum absolute atomic E-state index is 12.4. The molecular formula is C20H20N4O. The van der Waals surface area contributed by atoms with E-state index in [-0.39, 0.29) is 5.91 Å². The Hall–Kier alpha value is -3.34. The summed E-state index contributed by atoms with van der Waals surface area (Å²) >= 11 is 0. The smallest absolute Gasteiger partial charge is 0.251 e. The van der Waals surface area contributed by atoms with Gasteiger partial charge in [-0.15, -0.1) is 0 Å². The minimum absolute atomic E-state index is 0.104. The van der Waals surface area contributed by atoms with Gasteiger partial charge in [0.15, 0.2) is 0 Å². The highest BCUT2D eigenvalue weighted by Gasteiger charge is 2.08. The first-order chi connectivity index (χ1) is 12.1. The number of carbonyl (C=O) groups excluding carboxylic acids is 1. The number of nitrogens with two attached hydrogens (primary N) is 2. The molecule has 126 valence electrons. The lowest BCUT2D eigenvalue weighted by atomic mass is 10.0. The number of hydrogen-bond donors (Lipinski definition) is 3. The molecule has 0 saturated heterocycles. The first kappa shape index (κ1) is 16.5. The summed E-state index contributed by atoms with van der Waals surface area (Å²) in [5.74, 6) is 0.328. The van der Waals surface area contributed by atoms with E-state index in [2.05, 4.69) is 10.3 Å². The summed E-state index contributed by atoms with van der Waals surface area (Å²) in [6.07, 6.45) is 2.15. The molecule has 3 rings (SSSR count). The number of rotatable bonds is 5. The largest absolute Gasteiger partial charge is 0.397 e. The summed E-state index contributed by atoms with van der Waals surface area (Å²) in [4.78, 5) is 16.3. The van der Waals surface area contributed by atoms with Crippen LogP contribution >= 0.6 is 0 Å². The van der Waals surface area contributed by atoms with Gasteiger partial charge in [-0.05, 0) is 41.3 Å². The van der Waals surface area contributed by atoms with Gasteiger partial charge in [0.1, 0.15) is 5.82 Å². The van der Waals surface area contributed by atoms with Crippen LogP contribution in [0.1, 0.15) is 27.0 Å². The Morgan fingerprint density at radius 1 is 0.960 bits per heavy atom. The van der Waals surface area contributed by atoms with Crippen LogP contribution in [0.4, 0.5) is 11.5 Å². The minimum atomic E-state index is -0.104. The van der Waals surface area contributed by atoms with E-state index in [9.17, 15) is 4.79 Å². The predicted molar refractivity (Wildman–Crippen MR) is 99.9 cm³/mol. The average Bonchev–Trinajstić information content (AvgIpc) is 2.64. The molecule has 5 nitrogen and oxygen atoms in total. The number of pyridine rings is 1. The molecule has 0 bridgehead atoms. The molecule has 0 spiro atoms. The standard InChI is InChI=1S/C20H20N4O/c21-18-13-23-19(22)11-17(18)10-15-7-4-8-16(9-15)20(25)24-12-14-5-2-1-3-6-14/h1-9,11,13H,10,12,21H2,(H2,22,23)(H,24,25). The first-order valence-electron chi connectivity index (χ1n) is 8.03. The molecule has 5 heteroatoms. The van der Waals surface area contributed by atoms with Crippen LogP contribution in [-0.4, -0.2) is 10.9 Å². The predicted octanol–water partition coefficient (Wildman–Crippen LogP) is 2.77. The highest BCUT2D eigenvalue weighted by atomic mass is 16.1. The van der Waals surface area contributed by atoms with Gasteiger partial charge in [-0.25, -0.2) is 4.98 Å². The monoisotopic (exact) mass is 332 g/mol. The van der Waals surface area contributed by atoms with Gasteiger partial charge in [-0.1, -0.05) is 42.5 Å². The quantitative estimate of drug-likeness (QED) is 0.669. The van der Waals surface area contributed by atoms with E-state index in [1.807, 2.05) is 48.5 Å². The molecule has 1 amide bonds. The van der Waals surface area contributed by atoms with Crippen molar-refractivity contribution < 1.29 is 4.79 Å². The van der Waals surface area contributed by atoms with Crippen LogP contribution < -0.4 is 16.8 Å². The lowest BCUT2D eigenvalue weighted by molar-refractivity contribution is 0.0951. The van der Waals surface area contributed by atoms with Crippen LogP contribution in [0.15, 0.2) is 66.9 Å². The SMILES string of the molecule is Nc1cc(Cc2cccc(C(=O)NCc3ccccc3)c2)c(N)cn1. The Morgan fingerprint density at radius 2 is 1.72 bits per heavy atom. The molecule has 0 fully saturated rings. The summed E-state index contributed by atoms with van der Waals surface area (Å²) in [5.41, 5.74) is 15.8. The van der Waals surface area contributed by atoms with E-state index in [4.69, 9.17) is 11.5 Å². The van der Waals surface area contributed by atoms with Crippen LogP contribution in [0.2, 0.25) is 0 Å². The molecule has 0 aliphatic rings.